The number of pyridine rings is 1. The molecule has 0 radical (unpaired) electrons. The van der Waals surface area contributed by atoms with Gasteiger partial charge in [-0.3, -0.25) is 5.32 Å². The summed E-state index contributed by atoms with van der Waals surface area (Å²) >= 11 is 0. The molecule has 1 aromatic heterocycles. The van der Waals surface area contributed by atoms with Gasteiger partial charge in [0, 0.05) is 30.1 Å². The zero-order chi connectivity index (χ0) is 20.3. The maximum absolute atomic E-state index is 9.79. The molecular weight excluding hydrogens is 350 g/mol. The monoisotopic (exact) mass is 385 g/mol. The molecule has 2 aromatic rings. The van der Waals surface area contributed by atoms with E-state index >= 15 is 0 Å². The number of aliphatic hydroxyl groups is 1. The molecule has 2 atom stereocenters. The van der Waals surface area contributed by atoms with Crippen LogP contribution in [0.1, 0.15) is 50.9 Å². The van der Waals surface area contributed by atoms with E-state index in [1.54, 1.807) is 6.92 Å². The standard InChI is InChI=1S/C22H35N5O/c1-14(2)13-24-17-9-11-27(12-10-17)22-20(21(23)25-16(4)28)15(3)18-7-5-6-8-19(18)26-22/h5-8,14,16-17,21,24-25,28H,9-13,23H2,1-4H3. The molecule has 0 spiro atoms. The van der Waals surface area contributed by atoms with Gasteiger partial charge in [-0.05, 0) is 50.8 Å². The minimum absolute atomic E-state index is 0.469. The van der Waals surface area contributed by atoms with E-state index in [0.717, 1.165) is 60.3 Å². The zero-order valence-corrected chi connectivity index (χ0v) is 17.6. The van der Waals surface area contributed by atoms with Gasteiger partial charge < -0.3 is 21.1 Å². The number of para-hydroxylation sites is 1. The number of aliphatic hydroxyl groups excluding tert-OH is 1. The Hall–Kier alpha value is -1.73. The van der Waals surface area contributed by atoms with Crippen molar-refractivity contribution in [2.24, 2.45) is 11.7 Å². The van der Waals surface area contributed by atoms with Crippen molar-refractivity contribution in [2.75, 3.05) is 24.5 Å². The van der Waals surface area contributed by atoms with Crippen LogP contribution in [0.15, 0.2) is 24.3 Å². The summed E-state index contributed by atoms with van der Waals surface area (Å²) in [5, 5.41) is 17.6. The van der Waals surface area contributed by atoms with Crippen molar-refractivity contribution in [2.45, 2.75) is 59.0 Å². The fourth-order valence-corrected chi connectivity index (χ4v) is 4.03. The highest BCUT2D eigenvalue weighted by molar-refractivity contribution is 5.86. The summed E-state index contributed by atoms with van der Waals surface area (Å²) in [6.45, 7) is 11.2. The molecule has 1 aromatic carbocycles. The lowest BCUT2D eigenvalue weighted by Gasteiger charge is -2.36. The summed E-state index contributed by atoms with van der Waals surface area (Å²) in [7, 11) is 0. The van der Waals surface area contributed by atoms with Gasteiger partial charge in [0.15, 0.2) is 0 Å². The summed E-state index contributed by atoms with van der Waals surface area (Å²) in [5.41, 5.74) is 9.55. The maximum Gasteiger partial charge on any atom is 0.135 e. The molecule has 2 heterocycles. The first-order chi connectivity index (χ1) is 13.4. The summed E-state index contributed by atoms with van der Waals surface area (Å²) in [6, 6.07) is 8.75. The third kappa shape index (κ3) is 4.81. The Labute approximate surface area is 168 Å². The fourth-order valence-electron chi connectivity index (χ4n) is 4.03. The van der Waals surface area contributed by atoms with Crippen molar-refractivity contribution in [3.05, 3.63) is 35.4 Å². The Morgan fingerprint density at radius 3 is 2.54 bits per heavy atom. The lowest BCUT2D eigenvalue weighted by atomic mass is 9.99. The van der Waals surface area contributed by atoms with Gasteiger partial charge in [0.05, 0.1) is 11.7 Å². The van der Waals surface area contributed by atoms with Gasteiger partial charge in [-0.2, -0.15) is 0 Å². The smallest absolute Gasteiger partial charge is 0.135 e. The summed E-state index contributed by atoms with van der Waals surface area (Å²) in [4.78, 5) is 7.34. The van der Waals surface area contributed by atoms with E-state index in [9.17, 15) is 5.11 Å². The van der Waals surface area contributed by atoms with Crippen molar-refractivity contribution in [3.63, 3.8) is 0 Å². The third-order valence-electron chi connectivity index (χ3n) is 5.52. The van der Waals surface area contributed by atoms with Crippen LogP contribution in [0.2, 0.25) is 0 Å². The van der Waals surface area contributed by atoms with Crippen LogP contribution in [0, 0.1) is 12.8 Å². The zero-order valence-electron chi connectivity index (χ0n) is 17.6. The number of aryl methyl sites for hydroxylation is 1. The molecule has 28 heavy (non-hydrogen) atoms. The second-order valence-corrected chi connectivity index (χ2v) is 8.37. The highest BCUT2D eigenvalue weighted by atomic mass is 16.3. The minimum Gasteiger partial charge on any atom is -0.379 e. The van der Waals surface area contributed by atoms with Gasteiger partial charge in [0.1, 0.15) is 12.0 Å². The first-order valence-corrected chi connectivity index (χ1v) is 10.4. The summed E-state index contributed by atoms with van der Waals surface area (Å²) in [5.74, 6) is 1.61. The normalized spacial score (nSPS) is 18.0. The molecule has 0 bridgehead atoms. The van der Waals surface area contributed by atoms with E-state index in [1.807, 2.05) is 12.1 Å². The van der Waals surface area contributed by atoms with E-state index < -0.39 is 12.4 Å². The van der Waals surface area contributed by atoms with Crippen LogP contribution in [0.5, 0.6) is 0 Å². The molecule has 1 fully saturated rings. The number of nitrogens with two attached hydrogens (primary N) is 1. The summed E-state index contributed by atoms with van der Waals surface area (Å²) < 4.78 is 0. The van der Waals surface area contributed by atoms with Crippen molar-refractivity contribution in [3.8, 4) is 0 Å². The Bertz CT molecular complexity index is 784. The SMILES string of the molecule is Cc1c(C(N)NC(C)O)c(N2CCC(NCC(C)C)CC2)nc2ccccc12. The predicted molar refractivity (Wildman–Crippen MR) is 116 cm³/mol. The molecule has 6 nitrogen and oxygen atoms in total. The molecule has 5 N–H and O–H groups in total. The van der Waals surface area contributed by atoms with E-state index in [1.165, 1.54) is 0 Å². The van der Waals surface area contributed by atoms with Gasteiger partial charge in [-0.15, -0.1) is 0 Å². The Kier molecular flexibility index (Phi) is 6.88. The molecule has 1 aliphatic rings. The van der Waals surface area contributed by atoms with Gasteiger partial charge in [-0.25, -0.2) is 4.98 Å². The molecule has 3 rings (SSSR count). The number of anilines is 1. The van der Waals surface area contributed by atoms with Crippen LogP contribution in [-0.4, -0.2) is 42.0 Å². The van der Waals surface area contributed by atoms with E-state index in [0.29, 0.717) is 12.0 Å². The average molecular weight is 386 g/mol. The molecule has 2 unspecified atom stereocenters. The van der Waals surface area contributed by atoms with Gasteiger partial charge in [0.25, 0.3) is 0 Å². The number of piperidine rings is 1. The van der Waals surface area contributed by atoms with Crippen LogP contribution in [0.4, 0.5) is 5.82 Å². The van der Waals surface area contributed by atoms with Crippen LogP contribution in [0.3, 0.4) is 0 Å². The molecule has 1 saturated heterocycles. The quantitative estimate of drug-likeness (QED) is 0.548. The van der Waals surface area contributed by atoms with Crippen LogP contribution >= 0.6 is 0 Å². The first-order valence-electron chi connectivity index (χ1n) is 10.4. The van der Waals surface area contributed by atoms with Crippen molar-refractivity contribution < 1.29 is 5.11 Å². The molecular formula is C22H35N5O. The summed E-state index contributed by atoms with van der Waals surface area (Å²) in [6.07, 6.45) is 1.04. The fraction of sp³-hybridized carbons (Fsp3) is 0.591. The third-order valence-corrected chi connectivity index (χ3v) is 5.52. The minimum atomic E-state index is -0.681. The van der Waals surface area contributed by atoms with Gasteiger partial charge in [-0.1, -0.05) is 32.0 Å². The number of hydrogen-bond acceptors (Lipinski definition) is 6. The molecule has 0 aliphatic carbocycles. The van der Waals surface area contributed by atoms with E-state index in [4.69, 9.17) is 10.7 Å². The number of aromatic nitrogens is 1. The molecule has 0 saturated carbocycles. The lowest BCUT2D eigenvalue weighted by molar-refractivity contribution is 0.141. The predicted octanol–water partition coefficient (Wildman–Crippen LogP) is 2.64. The van der Waals surface area contributed by atoms with Crippen molar-refractivity contribution >= 4 is 16.7 Å². The van der Waals surface area contributed by atoms with Gasteiger partial charge >= 0.3 is 0 Å². The highest BCUT2D eigenvalue weighted by Crippen LogP contribution is 2.33. The van der Waals surface area contributed by atoms with E-state index in [2.05, 4.69) is 48.4 Å². The maximum atomic E-state index is 9.79. The number of nitrogens with zero attached hydrogens (tertiary/aromatic N) is 2. The Morgan fingerprint density at radius 2 is 1.89 bits per heavy atom. The van der Waals surface area contributed by atoms with Crippen molar-refractivity contribution in [1.82, 2.24) is 15.6 Å². The van der Waals surface area contributed by atoms with Crippen LogP contribution in [-0.2, 0) is 0 Å². The topological polar surface area (TPSA) is 86.4 Å². The molecule has 154 valence electrons. The number of hydrogen-bond donors (Lipinski definition) is 4. The average Bonchev–Trinajstić information content (AvgIpc) is 2.66. The van der Waals surface area contributed by atoms with Crippen LogP contribution < -0.4 is 21.3 Å². The molecule has 6 heteroatoms. The molecule has 1 aliphatic heterocycles. The number of nitrogens with one attached hydrogen (secondary N) is 2. The molecule has 0 amide bonds. The number of fused-ring (bicyclic) bond motifs is 1. The van der Waals surface area contributed by atoms with E-state index in [-0.39, 0.29) is 0 Å². The largest absolute Gasteiger partial charge is 0.379 e. The Morgan fingerprint density at radius 1 is 1.21 bits per heavy atom. The van der Waals surface area contributed by atoms with Crippen molar-refractivity contribution in [1.29, 1.82) is 0 Å². The first kappa shape index (κ1) is 21.0. The number of benzene rings is 1. The second-order valence-electron chi connectivity index (χ2n) is 8.37. The Balaban J connectivity index is 1.89. The number of rotatable bonds is 7. The highest BCUT2D eigenvalue weighted by Gasteiger charge is 2.26. The van der Waals surface area contributed by atoms with Gasteiger partial charge in [0.2, 0.25) is 0 Å². The second kappa shape index (κ2) is 9.18. The van der Waals surface area contributed by atoms with Crippen LogP contribution in [0.25, 0.3) is 10.9 Å². The lowest BCUT2D eigenvalue weighted by Crippen LogP contribution is -2.45.